The largest absolute Gasteiger partial charge is 0.390 e. The lowest BCUT2D eigenvalue weighted by atomic mass is 10.1. The van der Waals surface area contributed by atoms with Gasteiger partial charge in [0.1, 0.15) is 6.10 Å². The first-order valence-corrected chi connectivity index (χ1v) is 5.34. The summed E-state index contributed by atoms with van der Waals surface area (Å²) in [6.45, 7) is 0.0966. The predicted molar refractivity (Wildman–Crippen MR) is 57.1 cm³/mol. The van der Waals surface area contributed by atoms with E-state index >= 15 is 0 Å². The zero-order chi connectivity index (χ0) is 12.0. The maximum Gasteiger partial charge on any atom is 0.178 e. The highest BCUT2D eigenvalue weighted by molar-refractivity contribution is 7.11. The first-order valence-electron chi connectivity index (χ1n) is 4.46. The maximum absolute atomic E-state index is 10.4. The summed E-state index contributed by atoms with van der Waals surface area (Å²) in [5.41, 5.74) is 8.29. The van der Waals surface area contributed by atoms with E-state index in [2.05, 4.69) is 15.0 Å². The Hall–Kier alpha value is -1.47. The zero-order valence-electron chi connectivity index (χ0n) is 8.22. The number of aldehydes is 1. The molecule has 1 aromatic rings. The molecule has 16 heavy (non-hydrogen) atoms. The summed E-state index contributed by atoms with van der Waals surface area (Å²) in [5.74, 6) is 0. The van der Waals surface area contributed by atoms with Gasteiger partial charge in [-0.05, 0) is 12.0 Å². The van der Waals surface area contributed by atoms with Gasteiger partial charge in [0.05, 0.1) is 11.8 Å². The number of hydrogen-bond donors (Lipinski definition) is 2. The number of nitrogens with zero attached hydrogens (tertiary/aromatic N) is 4. The molecule has 0 aromatic carbocycles. The number of hydrogen-bond acceptors (Lipinski definition) is 6. The van der Waals surface area contributed by atoms with Gasteiger partial charge in [0.25, 0.3) is 0 Å². The molecule has 1 aromatic heterocycles. The Bertz CT molecular complexity index is 402. The average molecular weight is 242 g/mol. The Labute approximate surface area is 95.0 Å². The van der Waals surface area contributed by atoms with Gasteiger partial charge >= 0.3 is 0 Å². The molecule has 0 aliphatic rings. The molecule has 0 saturated carbocycles. The lowest BCUT2D eigenvalue weighted by molar-refractivity contribution is 0.0128. The van der Waals surface area contributed by atoms with E-state index in [4.69, 9.17) is 5.53 Å². The summed E-state index contributed by atoms with van der Waals surface area (Å²) in [5, 5.41) is 24.2. The third-order valence-electron chi connectivity index (χ3n) is 1.90. The fourth-order valence-corrected chi connectivity index (χ4v) is 1.73. The first kappa shape index (κ1) is 12.6. The van der Waals surface area contributed by atoms with Crippen LogP contribution in [0.5, 0.6) is 0 Å². The van der Waals surface area contributed by atoms with Crippen molar-refractivity contribution < 1.29 is 15.0 Å². The van der Waals surface area contributed by atoms with E-state index in [1.807, 2.05) is 0 Å². The fraction of sp³-hybridized carbons (Fsp3) is 0.500. The molecule has 2 N–H and O–H groups in total. The van der Waals surface area contributed by atoms with Crippen LogP contribution in [0.1, 0.15) is 28.0 Å². The Morgan fingerprint density at radius 2 is 2.44 bits per heavy atom. The maximum atomic E-state index is 10.4. The highest BCUT2D eigenvalue weighted by atomic mass is 32.1. The van der Waals surface area contributed by atoms with E-state index in [-0.39, 0.29) is 23.7 Å². The van der Waals surface area contributed by atoms with Crippen LogP contribution in [0.25, 0.3) is 10.4 Å². The first-order chi connectivity index (χ1) is 7.69. The lowest BCUT2D eigenvalue weighted by Crippen LogP contribution is -2.19. The molecule has 1 heterocycles. The van der Waals surface area contributed by atoms with E-state index < -0.39 is 12.2 Å². The molecule has 0 aliphatic carbocycles. The highest BCUT2D eigenvalue weighted by Crippen LogP contribution is 2.20. The summed E-state index contributed by atoms with van der Waals surface area (Å²) in [6.07, 6.45) is -1.52. The molecular weight excluding hydrogens is 232 g/mol. The number of carbonyl (C=O) groups excluding carboxylic acids is 1. The topological polar surface area (TPSA) is 119 Å². The van der Waals surface area contributed by atoms with Crippen LogP contribution in [0, 0.1) is 0 Å². The van der Waals surface area contributed by atoms with Gasteiger partial charge in [-0.1, -0.05) is 5.11 Å². The van der Waals surface area contributed by atoms with Gasteiger partial charge in [-0.25, -0.2) is 4.98 Å². The third-order valence-corrected chi connectivity index (χ3v) is 2.68. The van der Waals surface area contributed by atoms with Crippen molar-refractivity contribution in [3.8, 4) is 0 Å². The number of carbonyl (C=O) groups is 1. The van der Waals surface area contributed by atoms with Gasteiger partial charge in [-0.15, -0.1) is 11.3 Å². The number of rotatable bonds is 6. The second-order valence-corrected chi connectivity index (χ2v) is 3.87. The third kappa shape index (κ3) is 3.28. The molecular formula is C8H10N4O3S. The number of aliphatic hydroxyl groups excluding tert-OH is 2. The molecule has 2 unspecified atom stereocenters. The Morgan fingerprint density at radius 1 is 1.69 bits per heavy atom. The molecule has 2 atom stereocenters. The minimum Gasteiger partial charge on any atom is -0.390 e. The Kier molecular flexibility index (Phi) is 4.87. The quantitative estimate of drug-likeness (QED) is 0.335. The number of thiazole rings is 1. The molecule has 0 bridgehead atoms. The summed E-state index contributed by atoms with van der Waals surface area (Å²) in [4.78, 5) is 16.7. The van der Waals surface area contributed by atoms with Crippen LogP contribution < -0.4 is 0 Å². The molecule has 0 aliphatic heterocycles. The number of azide groups is 1. The average Bonchev–Trinajstić information content (AvgIpc) is 2.76. The molecule has 0 fully saturated rings. The monoisotopic (exact) mass is 242 g/mol. The van der Waals surface area contributed by atoms with Crippen LogP contribution >= 0.6 is 11.3 Å². The van der Waals surface area contributed by atoms with Crippen molar-refractivity contribution in [3.63, 3.8) is 0 Å². The smallest absolute Gasteiger partial charge is 0.178 e. The minimum absolute atomic E-state index is 0.0966. The molecule has 86 valence electrons. The number of aliphatic hydroxyl groups is 2. The zero-order valence-corrected chi connectivity index (χ0v) is 9.04. The molecule has 0 radical (unpaired) electrons. The van der Waals surface area contributed by atoms with Gasteiger partial charge < -0.3 is 10.2 Å². The summed E-state index contributed by atoms with van der Waals surface area (Å²) >= 11 is 1.09. The summed E-state index contributed by atoms with van der Waals surface area (Å²) in [6, 6.07) is 0. The molecule has 1 rings (SSSR count). The van der Waals surface area contributed by atoms with Crippen molar-refractivity contribution in [1.29, 1.82) is 0 Å². The van der Waals surface area contributed by atoms with Gasteiger partial charge in [0, 0.05) is 16.8 Å². The van der Waals surface area contributed by atoms with E-state index in [1.54, 1.807) is 0 Å². The predicted octanol–water partition coefficient (Wildman–Crippen LogP) is 1.05. The molecule has 7 nitrogen and oxygen atoms in total. The van der Waals surface area contributed by atoms with Gasteiger partial charge in [0.15, 0.2) is 11.3 Å². The molecule has 0 spiro atoms. The van der Waals surface area contributed by atoms with Crippen LogP contribution in [0.3, 0.4) is 0 Å². The van der Waals surface area contributed by atoms with Crippen LogP contribution in [0.4, 0.5) is 0 Å². The SMILES string of the molecule is [N-]=[N+]=NCCC(O)C(O)c1csc(C=O)n1. The molecule has 0 saturated heterocycles. The second kappa shape index (κ2) is 6.19. The van der Waals surface area contributed by atoms with Crippen molar-refractivity contribution in [2.45, 2.75) is 18.6 Å². The van der Waals surface area contributed by atoms with Gasteiger partial charge in [-0.3, -0.25) is 4.79 Å². The molecule has 8 heteroatoms. The van der Waals surface area contributed by atoms with E-state index in [1.165, 1.54) is 5.38 Å². The van der Waals surface area contributed by atoms with Crippen LogP contribution in [-0.2, 0) is 0 Å². The van der Waals surface area contributed by atoms with Crippen molar-refractivity contribution in [2.75, 3.05) is 6.54 Å². The minimum atomic E-state index is -1.17. The summed E-state index contributed by atoms with van der Waals surface area (Å²) < 4.78 is 0. The van der Waals surface area contributed by atoms with Crippen molar-refractivity contribution >= 4 is 17.6 Å². The van der Waals surface area contributed by atoms with Crippen molar-refractivity contribution in [3.05, 3.63) is 26.5 Å². The highest BCUT2D eigenvalue weighted by Gasteiger charge is 2.20. The fourth-order valence-electron chi connectivity index (χ4n) is 1.08. The van der Waals surface area contributed by atoms with E-state index in [0.717, 1.165) is 11.3 Å². The summed E-state index contributed by atoms with van der Waals surface area (Å²) in [7, 11) is 0. The van der Waals surface area contributed by atoms with Gasteiger partial charge in [-0.2, -0.15) is 0 Å². The second-order valence-electron chi connectivity index (χ2n) is 2.98. The standard InChI is InChI=1S/C8H10N4O3S/c9-12-10-2-1-6(14)8(15)5-4-16-7(3-13)11-5/h3-4,6,8,14-15H,1-2H2. The van der Waals surface area contributed by atoms with Crippen molar-refractivity contribution in [2.24, 2.45) is 5.11 Å². The normalized spacial score (nSPS) is 13.9. The van der Waals surface area contributed by atoms with Crippen molar-refractivity contribution in [1.82, 2.24) is 4.98 Å². The molecule has 0 amide bonds. The van der Waals surface area contributed by atoms with E-state index in [0.29, 0.717) is 6.29 Å². The van der Waals surface area contributed by atoms with Crippen LogP contribution in [-0.4, -0.2) is 34.1 Å². The Balaban J connectivity index is 2.58. The lowest BCUT2D eigenvalue weighted by Gasteiger charge is -2.14. The van der Waals surface area contributed by atoms with E-state index in [9.17, 15) is 15.0 Å². The number of aromatic nitrogens is 1. The Morgan fingerprint density at radius 3 is 3.00 bits per heavy atom. The van der Waals surface area contributed by atoms with Crippen LogP contribution in [0.2, 0.25) is 0 Å². The van der Waals surface area contributed by atoms with Crippen LogP contribution in [0.15, 0.2) is 10.5 Å². The van der Waals surface area contributed by atoms with Gasteiger partial charge in [0.2, 0.25) is 0 Å².